The fourth-order valence-electron chi connectivity index (χ4n) is 1.56. The van der Waals surface area contributed by atoms with Gasteiger partial charge in [0.25, 0.3) is 0 Å². The van der Waals surface area contributed by atoms with Gasteiger partial charge in [-0.1, -0.05) is 30.3 Å². The summed E-state index contributed by atoms with van der Waals surface area (Å²) in [5.74, 6) is -2.60. The van der Waals surface area contributed by atoms with E-state index in [1.54, 1.807) is 24.3 Å². The molecule has 1 rings (SSSR count). The van der Waals surface area contributed by atoms with Crippen LogP contribution in [-0.2, 0) is 30.5 Å². The van der Waals surface area contributed by atoms with E-state index in [2.05, 4.69) is 10.1 Å². The molecule has 7 nitrogen and oxygen atoms in total. The normalized spacial score (nSPS) is 11.5. The molecule has 1 amide bonds. The fourth-order valence-corrected chi connectivity index (χ4v) is 1.56. The number of nitrogens with one attached hydrogen (secondary N) is 1. The second-order valence-corrected chi connectivity index (χ2v) is 4.24. The van der Waals surface area contributed by atoms with Crippen LogP contribution in [0.1, 0.15) is 12.0 Å². The van der Waals surface area contributed by atoms with Crippen LogP contribution in [0.3, 0.4) is 0 Å². The zero-order valence-corrected chi connectivity index (χ0v) is 11.6. The van der Waals surface area contributed by atoms with Crippen LogP contribution in [0.25, 0.3) is 0 Å². The third-order valence-electron chi connectivity index (χ3n) is 2.50. The number of esters is 1. The van der Waals surface area contributed by atoms with E-state index in [1.165, 1.54) is 7.11 Å². The average molecular weight is 295 g/mol. The van der Waals surface area contributed by atoms with E-state index in [1.807, 2.05) is 6.07 Å². The van der Waals surface area contributed by atoms with Gasteiger partial charge < -0.3 is 19.9 Å². The van der Waals surface area contributed by atoms with Crippen molar-refractivity contribution in [1.29, 1.82) is 0 Å². The summed E-state index contributed by atoms with van der Waals surface area (Å²) in [6, 6.07) is 7.69. The maximum absolute atomic E-state index is 11.9. The van der Waals surface area contributed by atoms with Gasteiger partial charge in [-0.15, -0.1) is 0 Å². The lowest BCUT2D eigenvalue weighted by atomic mass is 10.2. The highest BCUT2D eigenvalue weighted by molar-refractivity contribution is 5.88. The Bertz CT molecular complexity index is 487. The van der Waals surface area contributed by atoms with Crippen molar-refractivity contribution in [2.75, 3.05) is 13.7 Å². The summed E-state index contributed by atoms with van der Waals surface area (Å²) in [5, 5.41) is 11.0. The maximum atomic E-state index is 11.9. The Labute approximate surface area is 121 Å². The summed E-state index contributed by atoms with van der Waals surface area (Å²) in [6.45, 7) is -0.252. The summed E-state index contributed by atoms with van der Waals surface area (Å²) in [6.07, 6.45) is -0.553. The standard InChI is InChI=1S/C14H17NO6/c1-20-9-12(16)15-11(7-13(17)18)14(19)21-8-10-5-3-2-4-6-10/h2-6,11H,7-9H2,1H3,(H,15,16)(H,17,18). The van der Waals surface area contributed by atoms with Crippen molar-refractivity contribution in [1.82, 2.24) is 5.32 Å². The lowest BCUT2D eigenvalue weighted by Crippen LogP contribution is -2.44. The van der Waals surface area contributed by atoms with Crippen LogP contribution in [0.4, 0.5) is 0 Å². The molecule has 1 atom stereocenters. The van der Waals surface area contributed by atoms with Crippen LogP contribution >= 0.6 is 0 Å². The Morgan fingerprint density at radius 2 is 1.90 bits per heavy atom. The van der Waals surface area contributed by atoms with Crippen LogP contribution in [0, 0.1) is 0 Å². The fraction of sp³-hybridized carbons (Fsp3) is 0.357. The molecule has 21 heavy (non-hydrogen) atoms. The second-order valence-electron chi connectivity index (χ2n) is 4.24. The Morgan fingerprint density at radius 1 is 1.24 bits per heavy atom. The molecule has 0 spiro atoms. The van der Waals surface area contributed by atoms with Crippen molar-refractivity contribution in [3.05, 3.63) is 35.9 Å². The number of carboxylic acids is 1. The largest absolute Gasteiger partial charge is 0.481 e. The molecule has 114 valence electrons. The minimum atomic E-state index is -1.24. The predicted octanol–water partition coefficient (Wildman–Crippen LogP) is 0.336. The first-order valence-electron chi connectivity index (χ1n) is 6.23. The van der Waals surface area contributed by atoms with Gasteiger partial charge in [-0.3, -0.25) is 9.59 Å². The smallest absolute Gasteiger partial charge is 0.329 e. The molecular weight excluding hydrogens is 278 g/mol. The summed E-state index contributed by atoms with van der Waals surface area (Å²) < 4.78 is 9.62. The molecule has 0 aliphatic rings. The van der Waals surface area contributed by atoms with Crippen LogP contribution in [0.15, 0.2) is 30.3 Å². The molecule has 0 aliphatic heterocycles. The quantitative estimate of drug-likeness (QED) is 0.670. The molecule has 7 heteroatoms. The topological polar surface area (TPSA) is 102 Å². The van der Waals surface area contributed by atoms with Crippen molar-refractivity contribution in [3.63, 3.8) is 0 Å². The number of hydrogen-bond donors (Lipinski definition) is 2. The van der Waals surface area contributed by atoms with Gasteiger partial charge in [0.05, 0.1) is 6.42 Å². The van der Waals surface area contributed by atoms with Crippen molar-refractivity contribution in [3.8, 4) is 0 Å². The summed E-state index contributed by atoms with van der Waals surface area (Å²) in [5.41, 5.74) is 0.767. The lowest BCUT2D eigenvalue weighted by molar-refractivity contribution is -0.153. The monoisotopic (exact) mass is 295 g/mol. The Kier molecular flexibility index (Phi) is 6.90. The molecule has 0 bridgehead atoms. The Morgan fingerprint density at radius 3 is 2.48 bits per heavy atom. The van der Waals surface area contributed by atoms with E-state index in [-0.39, 0.29) is 13.2 Å². The average Bonchev–Trinajstić information content (AvgIpc) is 2.45. The molecule has 1 aromatic rings. The minimum Gasteiger partial charge on any atom is -0.481 e. The van der Waals surface area contributed by atoms with E-state index in [4.69, 9.17) is 9.84 Å². The number of carbonyl (C=O) groups is 3. The zero-order valence-electron chi connectivity index (χ0n) is 11.6. The number of carboxylic acid groups (broad SMARTS) is 1. The number of carbonyl (C=O) groups excluding carboxylic acids is 2. The third kappa shape index (κ3) is 6.53. The molecule has 0 heterocycles. The zero-order chi connectivity index (χ0) is 15.7. The van der Waals surface area contributed by atoms with E-state index in [0.717, 1.165) is 5.56 Å². The molecule has 0 radical (unpaired) electrons. The van der Waals surface area contributed by atoms with Gasteiger partial charge in [-0.25, -0.2) is 4.79 Å². The van der Waals surface area contributed by atoms with Gasteiger partial charge in [0.2, 0.25) is 5.91 Å². The van der Waals surface area contributed by atoms with Gasteiger partial charge in [-0.2, -0.15) is 0 Å². The molecule has 0 saturated heterocycles. The molecule has 1 aromatic carbocycles. The van der Waals surface area contributed by atoms with Crippen molar-refractivity contribution in [2.45, 2.75) is 19.1 Å². The highest BCUT2D eigenvalue weighted by atomic mass is 16.5. The van der Waals surface area contributed by atoms with Gasteiger partial charge in [0.1, 0.15) is 19.3 Å². The number of rotatable bonds is 8. The molecule has 0 saturated carbocycles. The third-order valence-corrected chi connectivity index (χ3v) is 2.50. The number of hydrogen-bond acceptors (Lipinski definition) is 5. The molecule has 0 aliphatic carbocycles. The molecule has 2 N–H and O–H groups in total. The van der Waals surface area contributed by atoms with Gasteiger partial charge in [-0.05, 0) is 5.56 Å². The first kappa shape index (κ1) is 16.6. The number of ether oxygens (including phenoxy) is 2. The minimum absolute atomic E-state index is 0.00986. The Balaban J connectivity index is 2.58. The van der Waals surface area contributed by atoms with E-state index in [0.29, 0.717) is 0 Å². The van der Waals surface area contributed by atoms with Crippen LogP contribution < -0.4 is 5.32 Å². The number of benzene rings is 1. The predicted molar refractivity (Wildman–Crippen MR) is 72.3 cm³/mol. The second kappa shape index (κ2) is 8.70. The number of amides is 1. The number of aliphatic carboxylic acids is 1. The summed E-state index contributed by atoms with van der Waals surface area (Å²) >= 11 is 0. The van der Waals surface area contributed by atoms with Gasteiger partial charge in [0, 0.05) is 7.11 Å². The van der Waals surface area contributed by atoms with E-state index >= 15 is 0 Å². The van der Waals surface area contributed by atoms with E-state index in [9.17, 15) is 14.4 Å². The van der Waals surface area contributed by atoms with Gasteiger partial charge in [0.15, 0.2) is 0 Å². The van der Waals surface area contributed by atoms with E-state index < -0.39 is 30.3 Å². The molecule has 0 fully saturated rings. The van der Waals surface area contributed by atoms with Crippen LogP contribution in [0.5, 0.6) is 0 Å². The maximum Gasteiger partial charge on any atom is 0.329 e. The van der Waals surface area contributed by atoms with Crippen molar-refractivity contribution < 1.29 is 29.0 Å². The molecule has 0 aromatic heterocycles. The van der Waals surface area contributed by atoms with Crippen molar-refractivity contribution >= 4 is 17.8 Å². The number of methoxy groups -OCH3 is 1. The first-order chi connectivity index (χ1) is 10.0. The Hall–Kier alpha value is -2.41. The highest BCUT2D eigenvalue weighted by Gasteiger charge is 2.25. The molecule has 1 unspecified atom stereocenters. The van der Waals surface area contributed by atoms with Crippen molar-refractivity contribution in [2.24, 2.45) is 0 Å². The first-order valence-corrected chi connectivity index (χ1v) is 6.23. The summed E-state index contributed by atoms with van der Waals surface area (Å²) in [7, 11) is 1.32. The van der Waals surface area contributed by atoms with Crippen LogP contribution in [-0.4, -0.2) is 42.7 Å². The van der Waals surface area contributed by atoms with Gasteiger partial charge >= 0.3 is 11.9 Å². The highest BCUT2D eigenvalue weighted by Crippen LogP contribution is 2.04. The lowest BCUT2D eigenvalue weighted by Gasteiger charge is -2.15. The SMILES string of the molecule is COCC(=O)NC(CC(=O)O)C(=O)OCc1ccccc1. The molecular formula is C14H17NO6. The van der Waals surface area contributed by atoms with Crippen LogP contribution in [0.2, 0.25) is 0 Å². The summed E-state index contributed by atoms with van der Waals surface area (Å²) in [4.78, 5) is 34.0.